The highest BCUT2D eigenvalue weighted by atomic mass is 16.5. The predicted octanol–water partition coefficient (Wildman–Crippen LogP) is 1.56. The number of nitrogens with zero attached hydrogens (tertiary/aromatic N) is 1. The van der Waals surface area contributed by atoms with Crippen molar-refractivity contribution in [2.45, 2.75) is 51.8 Å². The van der Waals surface area contributed by atoms with Crippen LogP contribution < -0.4 is 10.9 Å². The van der Waals surface area contributed by atoms with Gasteiger partial charge in [-0.2, -0.15) is 0 Å². The van der Waals surface area contributed by atoms with E-state index in [1.54, 1.807) is 30.0 Å². The third-order valence-electron chi connectivity index (χ3n) is 5.09. The fraction of sp³-hybridized carbons (Fsp3) is 0.625. The van der Waals surface area contributed by atoms with Crippen molar-refractivity contribution in [3.05, 3.63) is 34.7 Å². The Morgan fingerprint density at radius 1 is 1.43 bits per heavy atom. The minimum Gasteiger partial charge on any atom is -0.378 e. The number of amides is 1. The molecule has 1 fully saturated rings. The van der Waals surface area contributed by atoms with E-state index in [9.17, 15) is 9.59 Å². The maximum absolute atomic E-state index is 12.1. The Morgan fingerprint density at radius 3 is 2.71 bits per heavy atom. The molecule has 5 nitrogen and oxygen atoms in total. The van der Waals surface area contributed by atoms with Crippen molar-refractivity contribution < 1.29 is 9.53 Å². The van der Waals surface area contributed by atoms with Crippen LogP contribution in [0, 0.1) is 5.41 Å². The van der Waals surface area contributed by atoms with Crippen molar-refractivity contribution in [3.63, 3.8) is 0 Å². The van der Waals surface area contributed by atoms with E-state index in [1.165, 1.54) is 6.07 Å². The van der Waals surface area contributed by atoms with Gasteiger partial charge in [0.15, 0.2) is 0 Å². The van der Waals surface area contributed by atoms with Gasteiger partial charge in [0.2, 0.25) is 5.91 Å². The fourth-order valence-corrected chi connectivity index (χ4v) is 2.86. The third-order valence-corrected chi connectivity index (χ3v) is 5.09. The molecule has 0 saturated heterocycles. The summed E-state index contributed by atoms with van der Waals surface area (Å²) in [7, 11) is 1.71. The number of methoxy groups -OCH3 is 1. The number of hydrogen-bond acceptors (Lipinski definition) is 3. The van der Waals surface area contributed by atoms with E-state index in [0.717, 1.165) is 6.42 Å². The van der Waals surface area contributed by atoms with Crippen molar-refractivity contribution >= 4 is 5.91 Å². The first kappa shape index (κ1) is 15.8. The molecule has 21 heavy (non-hydrogen) atoms. The van der Waals surface area contributed by atoms with Crippen LogP contribution in [-0.2, 0) is 16.1 Å². The first-order chi connectivity index (χ1) is 9.80. The summed E-state index contributed by atoms with van der Waals surface area (Å²) in [5, 5.41) is 3.05. The van der Waals surface area contributed by atoms with Gasteiger partial charge in [0.25, 0.3) is 5.56 Å². The number of rotatable bonds is 5. The van der Waals surface area contributed by atoms with Crippen LogP contribution in [0.4, 0.5) is 0 Å². The first-order valence-electron chi connectivity index (χ1n) is 7.30. The van der Waals surface area contributed by atoms with E-state index in [2.05, 4.69) is 26.1 Å². The van der Waals surface area contributed by atoms with E-state index >= 15 is 0 Å². The molecule has 0 unspecified atom stereocenters. The molecule has 0 aromatic carbocycles. The van der Waals surface area contributed by atoms with Crippen LogP contribution >= 0.6 is 0 Å². The van der Waals surface area contributed by atoms with Gasteiger partial charge < -0.3 is 14.6 Å². The highest BCUT2D eigenvalue weighted by Crippen LogP contribution is 2.51. The molecule has 0 radical (unpaired) electrons. The fourth-order valence-electron chi connectivity index (χ4n) is 2.86. The Morgan fingerprint density at radius 2 is 2.14 bits per heavy atom. The second-order valence-corrected chi connectivity index (χ2v) is 6.46. The zero-order chi connectivity index (χ0) is 15.7. The average molecular weight is 292 g/mol. The second-order valence-electron chi connectivity index (χ2n) is 6.46. The molecule has 1 saturated carbocycles. The summed E-state index contributed by atoms with van der Waals surface area (Å²) >= 11 is 0. The first-order valence-corrected chi connectivity index (χ1v) is 7.30. The lowest BCUT2D eigenvalue weighted by Gasteiger charge is -2.59. The van der Waals surface area contributed by atoms with Gasteiger partial charge in [-0.15, -0.1) is 0 Å². The zero-order valence-electron chi connectivity index (χ0n) is 13.2. The summed E-state index contributed by atoms with van der Waals surface area (Å²) in [5.74, 6) is -0.0259. The molecule has 0 aliphatic heterocycles. The Bertz CT molecular complexity index is 579. The Kier molecular flexibility index (Phi) is 4.23. The molecule has 1 aromatic heterocycles. The van der Waals surface area contributed by atoms with Crippen molar-refractivity contribution in [2.24, 2.45) is 5.41 Å². The minimum absolute atomic E-state index is 0.0259. The van der Waals surface area contributed by atoms with Crippen LogP contribution in [-0.4, -0.2) is 29.2 Å². The molecule has 2 rings (SSSR count). The molecule has 0 bridgehead atoms. The molecule has 1 aromatic rings. The van der Waals surface area contributed by atoms with Crippen molar-refractivity contribution in [1.29, 1.82) is 0 Å². The number of ether oxygens (including phenoxy) is 1. The third kappa shape index (κ3) is 2.88. The predicted molar refractivity (Wildman–Crippen MR) is 81.1 cm³/mol. The van der Waals surface area contributed by atoms with Gasteiger partial charge >= 0.3 is 0 Å². The van der Waals surface area contributed by atoms with Gasteiger partial charge in [0, 0.05) is 43.8 Å². The van der Waals surface area contributed by atoms with Crippen LogP contribution in [0.15, 0.2) is 29.2 Å². The van der Waals surface area contributed by atoms with Gasteiger partial charge in [-0.05, 0) is 19.4 Å². The van der Waals surface area contributed by atoms with Crippen molar-refractivity contribution in [2.75, 3.05) is 7.11 Å². The average Bonchev–Trinajstić information content (AvgIpc) is 2.45. The second kappa shape index (κ2) is 5.64. The lowest BCUT2D eigenvalue weighted by atomic mass is 9.56. The molecule has 1 aliphatic carbocycles. The van der Waals surface area contributed by atoms with E-state index < -0.39 is 0 Å². The smallest absolute Gasteiger partial charge is 0.250 e. The van der Waals surface area contributed by atoms with Crippen LogP contribution in [0.5, 0.6) is 0 Å². The number of carbonyl (C=O) groups excluding carboxylic acids is 1. The Labute approximate surface area is 125 Å². The highest BCUT2D eigenvalue weighted by molar-refractivity contribution is 5.76. The lowest BCUT2D eigenvalue weighted by molar-refractivity contribution is -0.182. The van der Waals surface area contributed by atoms with Gasteiger partial charge in [-0.3, -0.25) is 9.59 Å². The molecule has 0 spiro atoms. The number of aryl methyl sites for hydroxylation is 1. The molecule has 1 N–H and O–H groups in total. The SMILES string of the molecule is CO[C@]1(C)C[C@H](NC(=O)CCn2ccccc2=O)C1(C)C. The Balaban J connectivity index is 1.87. The largest absolute Gasteiger partial charge is 0.378 e. The number of carbonyl (C=O) groups is 1. The molecule has 1 heterocycles. The standard InChI is InChI=1S/C16H24N2O3/c1-15(2)12(11-16(15,3)21-4)17-13(19)8-10-18-9-6-5-7-14(18)20/h5-7,9,12H,8,10-11H2,1-4H3,(H,17,19)/t12-,16+/m0/s1. The number of hydrogen-bond donors (Lipinski definition) is 1. The molecule has 116 valence electrons. The molecule has 2 atom stereocenters. The van der Waals surface area contributed by atoms with E-state index in [4.69, 9.17) is 4.74 Å². The maximum Gasteiger partial charge on any atom is 0.250 e. The molecular formula is C16H24N2O3. The summed E-state index contributed by atoms with van der Waals surface area (Å²) in [6.45, 7) is 6.68. The molecule has 1 amide bonds. The Hall–Kier alpha value is -1.62. The summed E-state index contributed by atoms with van der Waals surface area (Å²) < 4.78 is 7.10. The summed E-state index contributed by atoms with van der Waals surface area (Å²) in [4.78, 5) is 23.6. The zero-order valence-corrected chi connectivity index (χ0v) is 13.2. The van der Waals surface area contributed by atoms with Gasteiger partial charge in [-0.1, -0.05) is 19.9 Å². The van der Waals surface area contributed by atoms with Crippen LogP contribution in [0.1, 0.15) is 33.6 Å². The lowest BCUT2D eigenvalue weighted by Crippen LogP contribution is -2.68. The monoisotopic (exact) mass is 292 g/mol. The van der Waals surface area contributed by atoms with Crippen LogP contribution in [0.3, 0.4) is 0 Å². The number of pyridine rings is 1. The van der Waals surface area contributed by atoms with E-state index in [-0.39, 0.29) is 28.5 Å². The quantitative estimate of drug-likeness (QED) is 0.896. The van der Waals surface area contributed by atoms with E-state index in [1.807, 2.05) is 0 Å². The molecule has 5 heteroatoms. The topological polar surface area (TPSA) is 60.3 Å². The normalized spacial score (nSPS) is 27.0. The summed E-state index contributed by atoms with van der Waals surface area (Å²) in [5.41, 5.74) is -0.372. The summed E-state index contributed by atoms with van der Waals surface area (Å²) in [6, 6.07) is 5.10. The summed E-state index contributed by atoms with van der Waals surface area (Å²) in [6.07, 6.45) is 2.82. The maximum atomic E-state index is 12.1. The van der Waals surface area contributed by atoms with Crippen LogP contribution in [0.25, 0.3) is 0 Å². The van der Waals surface area contributed by atoms with Crippen molar-refractivity contribution in [1.82, 2.24) is 9.88 Å². The van der Waals surface area contributed by atoms with Crippen LogP contribution in [0.2, 0.25) is 0 Å². The minimum atomic E-state index is -0.193. The number of nitrogens with one attached hydrogen (secondary N) is 1. The van der Waals surface area contributed by atoms with E-state index in [0.29, 0.717) is 13.0 Å². The molecule has 1 aliphatic rings. The van der Waals surface area contributed by atoms with Crippen molar-refractivity contribution in [3.8, 4) is 0 Å². The van der Waals surface area contributed by atoms with Gasteiger partial charge in [-0.25, -0.2) is 0 Å². The highest BCUT2D eigenvalue weighted by Gasteiger charge is 2.58. The van der Waals surface area contributed by atoms with Gasteiger partial charge in [0.1, 0.15) is 0 Å². The molecular weight excluding hydrogens is 268 g/mol. The van der Waals surface area contributed by atoms with Gasteiger partial charge in [0.05, 0.1) is 5.60 Å². The number of aromatic nitrogens is 1.